The van der Waals surface area contributed by atoms with Gasteiger partial charge in [0.25, 0.3) is 0 Å². The molecule has 4 aliphatic carbocycles. The summed E-state index contributed by atoms with van der Waals surface area (Å²) in [6.45, 7) is 9.15. The predicted molar refractivity (Wildman–Crippen MR) is 129 cm³/mol. The highest BCUT2D eigenvalue weighted by molar-refractivity contribution is 5.84. The van der Waals surface area contributed by atoms with Crippen molar-refractivity contribution in [2.24, 2.45) is 46.3 Å². The molecule has 0 heterocycles. The predicted octanol–water partition coefficient (Wildman–Crippen LogP) is 7.89. The lowest BCUT2D eigenvalue weighted by Crippen LogP contribution is -2.50. The third kappa shape index (κ3) is 4.76. The number of aliphatic hydroxyl groups excluding tert-OH is 1. The molecule has 0 aromatic heterocycles. The second-order valence-electron chi connectivity index (χ2n) is 13.0. The molecule has 4 aliphatic rings. The standard InChI is InChI=1S/C29H45F3O2/c1-18(16-26(34)29(30,31)32)6-5-7-19(2)23-10-11-24-22-9-8-20-17-21(33)12-14-27(20,3)25(22)13-15-28(23,24)4/h8,18-19,21-25,33H,5-7,9-17H2,1-4H3/t18?,19-,21+,22+,23-,24+,25+,27+,28-/m1/s1. The first-order chi connectivity index (χ1) is 15.9. The van der Waals surface area contributed by atoms with Crippen LogP contribution in [0.4, 0.5) is 13.2 Å². The summed E-state index contributed by atoms with van der Waals surface area (Å²) in [5, 5.41) is 10.2. The molecular weight excluding hydrogens is 437 g/mol. The highest BCUT2D eigenvalue weighted by Crippen LogP contribution is 2.67. The molecule has 5 heteroatoms. The normalized spacial score (nSPS) is 41.6. The van der Waals surface area contributed by atoms with E-state index in [0.717, 1.165) is 49.9 Å². The third-order valence-corrected chi connectivity index (χ3v) is 11.0. The van der Waals surface area contributed by atoms with E-state index in [1.807, 2.05) is 0 Å². The molecule has 0 aromatic rings. The van der Waals surface area contributed by atoms with Crippen LogP contribution in [0.2, 0.25) is 0 Å². The van der Waals surface area contributed by atoms with Gasteiger partial charge in [0.05, 0.1) is 6.10 Å². The Hall–Kier alpha value is -0.840. The number of hydrogen-bond acceptors (Lipinski definition) is 2. The summed E-state index contributed by atoms with van der Waals surface area (Å²) in [7, 11) is 0. The van der Waals surface area contributed by atoms with Gasteiger partial charge in [0.2, 0.25) is 5.78 Å². The van der Waals surface area contributed by atoms with Gasteiger partial charge >= 0.3 is 6.18 Å². The Morgan fingerprint density at radius 1 is 1.09 bits per heavy atom. The summed E-state index contributed by atoms with van der Waals surface area (Å²) in [4.78, 5) is 11.3. The maximum atomic E-state index is 12.6. The summed E-state index contributed by atoms with van der Waals surface area (Å²) in [6.07, 6.45) is 9.18. The quantitative estimate of drug-likeness (QED) is 0.375. The molecule has 0 saturated heterocycles. The van der Waals surface area contributed by atoms with Gasteiger partial charge < -0.3 is 5.11 Å². The zero-order valence-corrected chi connectivity index (χ0v) is 21.6. The van der Waals surface area contributed by atoms with E-state index >= 15 is 0 Å². The van der Waals surface area contributed by atoms with Gasteiger partial charge in [0.1, 0.15) is 0 Å². The number of Topliss-reactive ketones (excluding diaryl/α,β-unsaturated/α-hetero) is 1. The van der Waals surface area contributed by atoms with Gasteiger partial charge in [-0.05, 0) is 97.7 Å². The average molecular weight is 483 g/mol. The van der Waals surface area contributed by atoms with Crippen molar-refractivity contribution in [2.45, 2.75) is 117 Å². The Kier molecular flexibility index (Phi) is 7.37. The molecule has 0 bridgehead atoms. The molecule has 3 saturated carbocycles. The Morgan fingerprint density at radius 2 is 1.82 bits per heavy atom. The number of carbonyl (C=O) groups excluding carboxylic acids is 1. The first-order valence-electron chi connectivity index (χ1n) is 13.8. The van der Waals surface area contributed by atoms with E-state index in [2.05, 4.69) is 26.8 Å². The van der Waals surface area contributed by atoms with Gasteiger partial charge in [-0.2, -0.15) is 13.2 Å². The number of fused-ring (bicyclic) bond motifs is 5. The van der Waals surface area contributed by atoms with E-state index in [1.165, 1.54) is 37.7 Å². The van der Waals surface area contributed by atoms with Crippen molar-refractivity contribution in [2.75, 3.05) is 0 Å². The monoisotopic (exact) mass is 482 g/mol. The van der Waals surface area contributed by atoms with Gasteiger partial charge in [-0.3, -0.25) is 4.79 Å². The summed E-state index contributed by atoms with van der Waals surface area (Å²) < 4.78 is 37.7. The smallest absolute Gasteiger partial charge is 0.393 e. The van der Waals surface area contributed by atoms with E-state index in [4.69, 9.17) is 0 Å². The molecule has 0 radical (unpaired) electrons. The van der Waals surface area contributed by atoms with E-state index in [-0.39, 0.29) is 23.9 Å². The Morgan fingerprint density at radius 3 is 2.53 bits per heavy atom. The highest BCUT2D eigenvalue weighted by Gasteiger charge is 2.59. The topological polar surface area (TPSA) is 37.3 Å². The van der Waals surface area contributed by atoms with Gasteiger partial charge in [-0.1, -0.05) is 58.6 Å². The number of rotatable bonds is 7. The molecular formula is C29H45F3O2. The maximum Gasteiger partial charge on any atom is 0.449 e. The third-order valence-electron chi connectivity index (χ3n) is 11.0. The number of carbonyl (C=O) groups is 1. The van der Waals surface area contributed by atoms with Crippen LogP contribution in [0.5, 0.6) is 0 Å². The van der Waals surface area contributed by atoms with Crippen LogP contribution in [0, 0.1) is 46.3 Å². The highest BCUT2D eigenvalue weighted by atomic mass is 19.4. The molecule has 194 valence electrons. The first-order valence-corrected chi connectivity index (χ1v) is 13.8. The van der Waals surface area contributed by atoms with Crippen molar-refractivity contribution in [3.05, 3.63) is 11.6 Å². The minimum Gasteiger partial charge on any atom is -0.393 e. The Labute approximate surface area is 204 Å². The van der Waals surface area contributed by atoms with Crippen LogP contribution in [0.1, 0.15) is 105 Å². The largest absolute Gasteiger partial charge is 0.449 e. The maximum absolute atomic E-state index is 12.6. The molecule has 0 aliphatic heterocycles. The minimum absolute atomic E-state index is 0.157. The molecule has 0 amide bonds. The van der Waals surface area contributed by atoms with E-state index in [9.17, 15) is 23.1 Å². The SMILES string of the molecule is CC(CCC[C@@H](C)[C@H]1CC[C@H]2[C@@H]3CC=C4C[C@@H](O)CC[C@]4(C)[C@H]3CC[C@]12C)CC(=O)C(F)(F)F. The molecule has 1 N–H and O–H groups in total. The van der Waals surface area contributed by atoms with Crippen molar-refractivity contribution in [3.63, 3.8) is 0 Å². The molecule has 0 spiro atoms. The average Bonchev–Trinajstić information content (AvgIpc) is 3.10. The van der Waals surface area contributed by atoms with Gasteiger partial charge in [0, 0.05) is 6.42 Å². The minimum atomic E-state index is -4.70. The number of hydrogen-bond donors (Lipinski definition) is 1. The summed E-state index contributed by atoms with van der Waals surface area (Å²) in [5.74, 6) is 1.75. The van der Waals surface area contributed by atoms with Crippen LogP contribution in [0.25, 0.3) is 0 Å². The van der Waals surface area contributed by atoms with E-state index in [1.54, 1.807) is 6.92 Å². The fourth-order valence-electron chi connectivity index (χ4n) is 9.14. The molecule has 9 atom stereocenters. The van der Waals surface area contributed by atoms with Crippen LogP contribution >= 0.6 is 0 Å². The number of aliphatic hydroxyl groups is 1. The fourth-order valence-corrected chi connectivity index (χ4v) is 9.14. The lowest BCUT2D eigenvalue weighted by Gasteiger charge is -2.58. The molecule has 1 unspecified atom stereocenters. The number of ketones is 1. The van der Waals surface area contributed by atoms with Crippen LogP contribution in [0.3, 0.4) is 0 Å². The van der Waals surface area contributed by atoms with Crippen molar-refractivity contribution in [1.82, 2.24) is 0 Å². The van der Waals surface area contributed by atoms with Crippen molar-refractivity contribution < 1.29 is 23.1 Å². The summed E-state index contributed by atoms with van der Waals surface area (Å²) in [5.41, 5.74) is 2.17. The zero-order valence-electron chi connectivity index (χ0n) is 21.6. The van der Waals surface area contributed by atoms with Crippen molar-refractivity contribution in [3.8, 4) is 0 Å². The Bertz CT molecular complexity index is 789. The second kappa shape index (κ2) is 9.56. The first kappa shape index (κ1) is 26.2. The summed E-state index contributed by atoms with van der Waals surface area (Å²) in [6, 6.07) is 0. The van der Waals surface area contributed by atoms with Crippen LogP contribution in [-0.4, -0.2) is 23.2 Å². The molecule has 3 fully saturated rings. The van der Waals surface area contributed by atoms with Crippen molar-refractivity contribution >= 4 is 5.78 Å². The molecule has 2 nitrogen and oxygen atoms in total. The van der Waals surface area contributed by atoms with E-state index in [0.29, 0.717) is 23.7 Å². The fraction of sp³-hybridized carbons (Fsp3) is 0.897. The number of allylic oxidation sites excluding steroid dienone is 1. The summed E-state index contributed by atoms with van der Waals surface area (Å²) >= 11 is 0. The zero-order chi connectivity index (χ0) is 24.9. The Balaban J connectivity index is 1.35. The second-order valence-corrected chi connectivity index (χ2v) is 13.0. The lowest BCUT2D eigenvalue weighted by atomic mass is 9.47. The van der Waals surface area contributed by atoms with Crippen LogP contribution < -0.4 is 0 Å². The van der Waals surface area contributed by atoms with Gasteiger partial charge in [-0.25, -0.2) is 0 Å². The van der Waals surface area contributed by atoms with Crippen LogP contribution in [-0.2, 0) is 4.79 Å². The van der Waals surface area contributed by atoms with Gasteiger partial charge in [-0.15, -0.1) is 0 Å². The molecule has 0 aromatic carbocycles. The van der Waals surface area contributed by atoms with Crippen LogP contribution in [0.15, 0.2) is 11.6 Å². The molecule has 4 rings (SSSR count). The number of halogens is 3. The van der Waals surface area contributed by atoms with Gasteiger partial charge in [0.15, 0.2) is 0 Å². The molecule has 34 heavy (non-hydrogen) atoms. The van der Waals surface area contributed by atoms with E-state index < -0.39 is 12.0 Å². The lowest BCUT2D eigenvalue weighted by molar-refractivity contribution is -0.172. The number of alkyl halides is 3. The van der Waals surface area contributed by atoms with Crippen molar-refractivity contribution in [1.29, 1.82) is 0 Å².